The summed E-state index contributed by atoms with van der Waals surface area (Å²) in [5, 5.41) is 5.92. The summed E-state index contributed by atoms with van der Waals surface area (Å²) in [6, 6.07) is 15.6. The fourth-order valence-corrected chi connectivity index (χ4v) is 3.69. The van der Waals surface area contributed by atoms with Gasteiger partial charge in [-0.15, -0.1) is 0 Å². The number of rotatable bonds is 4. The molecule has 0 saturated carbocycles. The van der Waals surface area contributed by atoms with E-state index in [4.69, 9.17) is 4.98 Å². The number of piperidine rings is 1. The van der Waals surface area contributed by atoms with Crippen LogP contribution in [0.1, 0.15) is 12.8 Å². The highest BCUT2D eigenvalue weighted by Crippen LogP contribution is 2.26. The Morgan fingerprint density at radius 3 is 2.96 bits per heavy atom. The summed E-state index contributed by atoms with van der Waals surface area (Å²) >= 11 is 0. The van der Waals surface area contributed by atoms with Gasteiger partial charge in [0.05, 0.1) is 11.0 Å². The first-order chi connectivity index (χ1) is 13.1. The lowest BCUT2D eigenvalue weighted by molar-refractivity contribution is -0.117. The molecule has 1 saturated heterocycles. The van der Waals surface area contributed by atoms with Crippen LogP contribution in [0.2, 0.25) is 0 Å². The van der Waals surface area contributed by atoms with E-state index in [1.165, 1.54) is 0 Å². The smallest absolute Gasteiger partial charge is 0.224 e. The largest absolute Gasteiger partial charge is 0.327 e. The normalized spacial score (nSPS) is 19.9. The number of alkyl halides is 1. The number of anilines is 1. The Labute approximate surface area is 157 Å². The zero-order valence-electron chi connectivity index (χ0n) is 15.3. The van der Waals surface area contributed by atoms with Crippen LogP contribution >= 0.6 is 0 Å². The highest BCUT2D eigenvalue weighted by atomic mass is 19.1. The van der Waals surface area contributed by atoms with E-state index in [0.29, 0.717) is 18.7 Å². The van der Waals surface area contributed by atoms with Crippen molar-refractivity contribution in [1.29, 1.82) is 0 Å². The molecule has 1 aliphatic rings. The maximum Gasteiger partial charge on any atom is 0.224 e. The monoisotopic (exact) mass is 366 g/mol. The van der Waals surface area contributed by atoms with Crippen LogP contribution in [-0.4, -0.2) is 34.7 Å². The van der Waals surface area contributed by atoms with E-state index in [2.05, 4.69) is 10.6 Å². The van der Waals surface area contributed by atoms with Crippen LogP contribution < -0.4 is 10.6 Å². The fourth-order valence-electron chi connectivity index (χ4n) is 3.69. The van der Waals surface area contributed by atoms with Crippen LogP contribution in [-0.2, 0) is 11.8 Å². The van der Waals surface area contributed by atoms with Crippen LogP contribution in [0.3, 0.4) is 0 Å². The molecule has 4 rings (SSSR count). The Kier molecular flexibility index (Phi) is 4.90. The lowest BCUT2D eigenvalue weighted by Crippen LogP contribution is -2.39. The van der Waals surface area contributed by atoms with Crippen molar-refractivity contribution in [2.24, 2.45) is 13.0 Å². The van der Waals surface area contributed by atoms with Gasteiger partial charge in [-0.25, -0.2) is 9.37 Å². The Hall–Kier alpha value is -2.73. The summed E-state index contributed by atoms with van der Waals surface area (Å²) < 4.78 is 16.0. The van der Waals surface area contributed by atoms with Gasteiger partial charge in [0.1, 0.15) is 12.0 Å². The first kappa shape index (κ1) is 17.7. The van der Waals surface area contributed by atoms with Crippen molar-refractivity contribution >= 4 is 22.6 Å². The molecule has 2 unspecified atom stereocenters. The minimum atomic E-state index is -0.962. The number of nitrogens with one attached hydrogen (secondary N) is 2. The Morgan fingerprint density at radius 2 is 2.15 bits per heavy atom. The zero-order valence-corrected chi connectivity index (χ0v) is 15.3. The quantitative estimate of drug-likeness (QED) is 0.743. The van der Waals surface area contributed by atoms with Gasteiger partial charge in [-0.05, 0) is 37.2 Å². The lowest BCUT2D eigenvalue weighted by atomic mass is 9.92. The van der Waals surface area contributed by atoms with Crippen molar-refractivity contribution in [3.63, 3.8) is 0 Å². The number of benzene rings is 2. The molecule has 1 aliphatic heterocycles. The van der Waals surface area contributed by atoms with E-state index in [1.54, 1.807) is 0 Å². The van der Waals surface area contributed by atoms with E-state index in [-0.39, 0.29) is 18.2 Å². The lowest BCUT2D eigenvalue weighted by Gasteiger charge is -2.26. The molecule has 2 atom stereocenters. The van der Waals surface area contributed by atoms with Crippen LogP contribution in [0.4, 0.5) is 10.1 Å². The molecule has 2 N–H and O–H groups in total. The fraction of sp³-hybridized carbons (Fsp3) is 0.333. The van der Waals surface area contributed by atoms with Crippen molar-refractivity contribution < 1.29 is 9.18 Å². The van der Waals surface area contributed by atoms with Crippen molar-refractivity contribution in [2.45, 2.75) is 19.0 Å². The SMILES string of the molecule is Cn1c(-c2cccc(NC(=O)CC3CCNCC3F)c2)nc2ccccc21. The standard InChI is InChI=1S/C21H23FN4O/c1-26-19-8-3-2-7-18(19)25-21(26)15-5-4-6-16(11-15)24-20(27)12-14-9-10-23-13-17(14)22/h2-8,11,14,17,23H,9-10,12-13H2,1H3,(H,24,27). The van der Waals surface area contributed by atoms with E-state index in [0.717, 1.165) is 29.0 Å². The van der Waals surface area contributed by atoms with Gasteiger partial charge in [-0.3, -0.25) is 4.79 Å². The van der Waals surface area contributed by atoms with Crippen LogP contribution in [0, 0.1) is 5.92 Å². The summed E-state index contributed by atoms with van der Waals surface area (Å²) in [4.78, 5) is 17.1. The first-order valence-electron chi connectivity index (χ1n) is 9.28. The number of nitrogens with zero attached hydrogens (tertiary/aromatic N) is 2. The van der Waals surface area contributed by atoms with Crippen molar-refractivity contribution in [2.75, 3.05) is 18.4 Å². The number of aromatic nitrogens is 2. The van der Waals surface area contributed by atoms with Crippen LogP contribution in [0.5, 0.6) is 0 Å². The molecule has 6 heteroatoms. The molecule has 2 aromatic carbocycles. The molecule has 0 spiro atoms. The third-order valence-electron chi connectivity index (χ3n) is 5.18. The number of fused-ring (bicyclic) bond motifs is 1. The maximum absolute atomic E-state index is 13.9. The van der Waals surface area contributed by atoms with E-state index in [9.17, 15) is 9.18 Å². The number of carbonyl (C=O) groups is 1. The number of hydrogen-bond donors (Lipinski definition) is 2. The summed E-state index contributed by atoms with van der Waals surface area (Å²) in [5.41, 5.74) is 3.62. The average Bonchev–Trinajstić information content (AvgIpc) is 3.01. The third kappa shape index (κ3) is 3.71. The minimum absolute atomic E-state index is 0.147. The molecule has 1 fully saturated rings. The topological polar surface area (TPSA) is 59.0 Å². The second-order valence-corrected chi connectivity index (χ2v) is 7.09. The van der Waals surface area contributed by atoms with E-state index in [1.807, 2.05) is 60.1 Å². The van der Waals surface area contributed by atoms with Crippen molar-refractivity contribution in [3.8, 4) is 11.4 Å². The number of amides is 1. The number of aryl methyl sites for hydroxylation is 1. The Balaban J connectivity index is 1.52. The van der Waals surface area contributed by atoms with Gasteiger partial charge in [0.2, 0.25) is 5.91 Å². The summed E-state index contributed by atoms with van der Waals surface area (Å²) in [6.07, 6.45) is -0.0655. The molecule has 0 aliphatic carbocycles. The predicted molar refractivity (Wildman–Crippen MR) is 105 cm³/mol. The Bertz CT molecular complexity index is 968. The van der Waals surface area contributed by atoms with E-state index < -0.39 is 6.17 Å². The highest BCUT2D eigenvalue weighted by molar-refractivity contribution is 5.91. The molecule has 5 nitrogen and oxygen atoms in total. The molecule has 0 radical (unpaired) electrons. The molecule has 3 aromatic rings. The number of imidazole rings is 1. The van der Waals surface area contributed by atoms with Crippen LogP contribution in [0.25, 0.3) is 22.4 Å². The molecule has 140 valence electrons. The second kappa shape index (κ2) is 7.48. The first-order valence-corrected chi connectivity index (χ1v) is 9.28. The molecule has 0 bridgehead atoms. The van der Waals surface area contributed by atoms with Gasteiger partial charge >= 0.3 is 0 Å². The highest BCUT2D eigenvalue weighted by Gasteiger charge is 2.26. The van der Waals surface area contributed by atoms with Gasteiger partial charge in [0.15, 0.2) is 0 Å². The summed E-state index contributed by atoms with van der Waals surface area (Å²) in [7, 11) is 1.98. The van der Waals surface area contributed by atoms with Gasteiger partial charge in [-0.1, -0.05) is 24.3 Å². The molecular weight excluding hydrogens is 343 g/mol. The second-order valence-electron chi connectivity index (χ2n) is 7.09. The molecule has 1 amide bonds. The van der Waals surface area contributed by atoms with E-state index >= 15 is 0 Å². The maximum atomic E-state index is 13.9. The van der Waals surface area contributed by atoms with Gasteiger partial charge in [-0.2, -0.15) is 0 Å². The minimum Gasteiger partial charge on any atom is -0.327 e. The van der Waals surface area contributed by atoms with Gasteiger partial charge in [0.25, 0.3) is 0 Å². The van der Waals surface area contributed by atoms with Gasteiger partial charge in [0, 0.05) is 37.2 Å². The summed E-state index contributed by atoms with van der Waals surface area (Å²) in [5.74, 6) is 0.482. The van der Waals surface area contributed by atoms with Crippen molar-refractivity contribution in [1.82, 2.24) is 14.9 Å². The zero-order chi connectivity index (χ0) is 18.8. The third-order valence-corrected chi connectivity index (χ3v) is 5.18. The summed E-state index contributed by atoms with van der Waals surface area (Å²) in [6.45, 7) is 1.10. The average molecular weight is 366 g/mol. The van der Waals surface area contributed by atoms with Crippen molar-refractivity contribution in [3.05, 3.63) is 48.5 Å². The van der Waals surface area contributed by atoms with Gasteiger partial charge < -0.3 is 15.2 Å². The predicted octanol–water partition coefficient (Wildman–Crippen LogP) is 3.52. The van der Waals surface area contributed by atoms with Crippen LogP contribution in [0.15, 0.2) is 48.5 Å². The Morgan fingerprint density at radius 1 is 1.30 bits per heavy atom. The number of para-hydroxylation sites is 2. The number of halogens is 1. The molecule has 27 heavy (non-hydrogen) atoms. The number of carbonyl (C=O) groups excluding carboxylic acids is 1. The molecule has 2 heterocycles. The molecular formula is C21H23FN4O. The molecule has 1 aromatic heterocycles. The number of hydrogen-bond acceptors (Lipinski definition) is 3.